The van der Waals surface area contributed by atoms with Gasteiger partial charge in [-0.2, -0.15) is 0 Å². The summed E-state index contributed by atoms with van der Waals surface area (Å²) in [5.74, 6) is -7.32. The summed E-state index contributed by atoms with van der Waals surface area (Å²) in [4.78, 5) is 78.4. The second-order valence-electron chi connectivity index (χ2n) is 13.1. The van der Waals surface area contributed by atoms with Crippen LogP contribution in [0.15, 0.2) is 24.8 Å². The van der Waals surface area contributed by atoms with Crippen LogP contribution in [0.1, 0.15) is 102 Å². The van der Waals surface area contributed by atoms with Gasteiger partial charge in [0.05, 0.1) is 35.5 Å². The van der Waals surface area contributed by atoms with Gasteiger partial charge in [-0.25, -0.2) is 14.6 Å². The number of carboxylic acids is 4. The number of fused-ring (bicyclic) bond motifs is 8. The van der Waals surface area contributed by atoms with Crippen LogP contribution < -0.4 is 5.32 Å². The normalized spacial score (nSPS) is 15.7. The molecule has 0 fully saturated rings. The van der Waals surface area contributed by atoms with E-state index in [2.05, 4.69) is 21.9 Å². The molecule has 15 heteroatoms. The molecular weight excluding hydrogens is 867 g/mol. The first-order valence-corrected chi connectivity index (χ1v) is 16.8. The molecule has 14 nitrogen and oxygen atoms in total. The molecule has 5 rings (SSSR count). The van der Waals surface area contributed by atoms with Gasteiger partial charge in [0.2, 0.25) is 5.91 Å². The molecule has 3 atom stereocenters. The second-order valence-corrected chi connectivity index (χ2v) is 13.1. The number of nitrogens with one attached hydrogen (secondary N) is 3. The number of carbonyl (C=O) groups is 5. The maximum absolute atomic E-state index is 13.6. The Labute approximate surface area is 320 Å². The van der Waals surface area contributed by atoms with Crippen molar-refractivity contribution in [1.29, 1.82) is 0 Å². The van der Waals surface area contributed by atoms with Crippen molar-refractivity contribution in [1.82, 2.24) is 25.3 Å². The topological polar surface area (TPSA) is 236 Å². The molecule has 1 amide bonds. The van der Waals surface area contributed by atoms with Crippen LogP contribution in [0.3, 0.4) is 0 Å². The molecule has 0 spiro atoms. The Kier molecular flexibility index (Phi) is 12.3. The first kappa shape index (κ1) is 40.5. The molecule has 0 aliphatic carbocycles. The number of aromatic amines is 2. The summed E-state index contributed by atoms with van der Waals surface area (Å²) in [5, 5.41) is 41.4. The Bertz CT molecular complexity index is 2250. The van der Waals surface area contributed by atoms with E-state index < -0.39 is 60.5 Å². The molecular formula is C38H41AuN5O9+3. The SMILES string of the molecule is C=Cc1c(C)c2cc3nc(c(CC(=O)NC(CC(=O)O)C(=O)O)c4nc(cc5[nH]c(cc1[nH]2)c(C)c5CC)C(C)=C4C(=O)O)[C@@H](CCC(=O)O)[C@@H]3C.[Au+3]. The van der Waals surface area contributed by atoms with Crippen LogP contribution in [0.4, 0.5) is 0 Å². The smallest absolute Gasteiger partial charge is 0.481 e. The van der Waals surface area contributed by atoms with Crippen LogP contribution in [0.5, 0.6) is 0 Å². The Morgan fingerprint density at radius 1 is 0.906 bits per heavy atom. The summed E-state index contributed by atoms with van der Waals surface area (Å²) in [7, 11) is 0. The number of nitrogens with zero attached hydrogens (tertiary/aromatic N) is 2. The van der Waals surface area contributed by atoms with E-state index in [0.29, 0.717) is 28.9 Å². The van der Waals surface area contributed by atoms with Crippen molar-refractivity contribution in [3.05, 3.63) is 75.4 Å². The summed E-state index contributed by atoms with van der Waals surface area (Å²) < 4.78 is 0. The van der Waals surface area contributed by atoms with Gasteiger partial charge in [-0.1, -0.05) is 26.5 Å². The maximum atomic E-state index is 13.6. The summed E-state index contributed by atoms with van der Waals surface area (Å²) in [6.45, 7) is 13.4. The van der Waals surface area contributed by atoms with Gasteiger partial charge in [-0.3, -0.25) is 19.4 Å². The van der Waals surface area contributed by atoms with Gasteiger partial charge in [0, 0.05) is 57.1 Å². The average molecular weight is 909 g/mol. The van der Waals surface area contributed by atoms with Crippen LogP contribution in [0.2, 0.25) is 0 Å². The van der Waals surface area contributed by atoms with Crippen molar-refractivity contribution in [2.24, 2.45) is 0 Å². The maximum Gasteiger partial charge on any atom is 3.00 e. The fourth-order valence-corrected chi connectivity index (χ4v) is 7.16. The molecule has 7 N–H and O–H groups in total. The third kappa shape index (κ3) is 8.04. The molecule has 3 aromatic heterocycles. The van der Waals surface area contributed by atoms with Crippen molar-refractivity contribution in [3.8, 4) is 0 Å². The van der Waals surface area contributed by atoms with Crippen molar-refractivity contribution < 1.29 is 66.8 Å². The van der Waals surface area contributed by atoms with Crippen LogP contribution in [0.25, 0.3) is 39.3 Å². The molecule has 2 aliphatic heterocycles. The molecule has 1 unspecified atom stereocenters. The number of H-pyrrole nitrogens is 2. The molecule has 53 heavy (non-hydrogen) atoms. The van der Waals surface area contributed by atoms with E-state index in [0.717, 1.165) is 38.8 Å². The van der Waals surface area contributed by atoms with Crippen molar-refractivity contribution in [2.75, 3.05) is 0 Å². The molecule has 5 heterocycles. The largest absolute Gasteiger partial charge is 3.00 e. The van der Waals surface area contributed by atoms with E-state index in [1.54, 1.807) is 19.1 Å². The molecule has 0 aromatic carbocycles. The number of aryl methyl sites for hydroxylation is 3. The van der Waals surface area contributed by atoms with E-state index in [9.17, 15) is 44.4 Å². The molecule has 2 aliphatic rings. The van der Waals surface area contributed by atoms with E-state index >= 15 is 0 Å². The number of hydrogen-bond donors (Lipinski definition) is 7. The van der Waals surface area contributed by atoms with Gasteiger partial charge in [0.25, 0.3) is 0 Å². The van der Waals surface area contributed by atoms with Gasteiger partial charge in [0.1, 0.15) is 6.04 Å². The summed E-state index contributed by atoms with van der Waals surface area (Å²) in [5.41, 5.74) is 7.95. The summed E-state index contributed by atoms with van der Waals surface area (Å²) >= 11 is 0. The van der Waals surface area contributed by atoms with Gasteiger partial charge in [0.15, 0.2) is 0 Å². The predicted octanol–water partition coefficient (Wildman–Crippen LogP) is 5.49. The Morgan fingerprint density at radius 2 is 1.57 bits per heavy atom. The van der Waals surface area contributed by atoms with Crippen LogP contribution >= 0.6 is 0 Å². The first-order chi connectivity index (χ1) is 24.6. The van der Waals surface area contributed by atoms with Gasteiger partial charge < -0.3 is 35.7 Å². The Morgan fingerprint density at radius 3 is 2.15 bits per heavy atom. The quantitative estimate of drug-likeness (QED) is 0.112. The minimum Gasteiger partial charge on any atom is -0.481 e. The van der Waals surface area contributed by atoms with Crippen LogP contribution in [0, 0.1) is 13.8 Å². The molecule has 0 saturated heterocycles. The number of allylic oxidation sites excluding steroid dienone is 1. The number of aliphatic carboxylic acids is 4. The van der Waals surface area contributed by atoms with Gasteiger partial charge >= 0.3 is 46.3 Å². The summed E-state index contributed by atoms with van der Waals surface area (Å²) in [6.07, 6.45) is 0.722. The molecule has 0 saturated carbocycles. The molecule has 280 valence electrons. The Balaban J connectivity index is 0.00000627. The standard InChI is InChI=1S/C38H41N5O9.Au/c1-7-20-16(3)24-12-26-18(5)22(9-10-32(45)46)35(42-26)23(11-31(44)41-30(37(49)50)15-33(47)48)36-34(38(51)52)19(6)27(43-36)14-29-21(8-2)17(4)25(40-29)13-28(20)39-24;/h7,12-14,18,22,30,39-40H,1,8-11,15H2,2-6H3,(H,41,44)(H,45,46)(H,47,48)(H,49,50)(H,51,52);/q;+3/t18-,22-,30?;/m0./s1. The van der Waals surface area contributed by atoms with E-state index in [4.69, 9.17) is 9.97 Å². The van der Waals surface area contributed by atoms with E-state index in [-0.39, 0.29) is 57.7 Å². The number of carbonyl (C=O) groups excluding carboxylic acids is 1. The van der Waals surface area contributed by atoms with E-state index in [1.807, 2.05) is 39.8 Å². The number of rotatable bonds is 12. The number of hydrogen-bond acceptors (Lipinski definition) is 7. The van der Waals surface area contributed by atoms with Crippen LogP contribution in [-0.2, 0) is 59.2 Å². The van der Waals surface area contributed by atoms with Crippen LogP contribution in [-0.4, -0.2) is 76.2 Å². The van der Waals surface area contributed by atoms with Gasteiger partial charge in [-0.15, -0.1) is 0 Å². The van der Waals surface area contributed by atoms with Gasteiger partial charge in [-0.05, 0) is 74.1 Å². The fourth-order valence-electron chi connectivity index (χ4n) is 7.16. The zero-order valence-electron chi connectivity index (χ0n) is 29.8. The van der Waals surface area contributed by atoms with Crippen molar-refractivity contribution in [3.63, 3.8) is 0 Å². The molecule has 8 bridgehead atoms. The predicted molar refractivity (Wildman–Crippen MR) is 194 cm³/mol. The third-order valence-corrected chi connectivity index (χ3v) is 9.96. The molecule has 3 aromatic rings. The fraction of sp³-hybridized carbons (Fsp3) is 0.342. The second kappa shape index (κ2) is 16.1. The third-order valence-electron chi connectivity index (χ3n) is 9.96. The average Bonchev–Trinajstić information content (AvgIpc) is 3.74. The first-order valence-electron chi connectivity index (χ1n) is 16.8. The zero-order chi connectivity index (χ0) is 38.2. The number of amides is 1. The minimum atomic E-state index is -1.77. The van der Waals surface area contributed by atoms with Crippen molar-refractivity contribution in [2.45, 2.75) is 84.6 Å². The monoisotopic (exact) mass is 908 g/mol. The number of carboxylic acid groups (broad SMARTS) is 4. The van der Waals surface area contributed by atoms with E-state index in [1.165, 1.54) is 0 Å². The zero-order valence-corrected chi connectivity index (χ0v) is 32.0. The number of aromatic nitrogens is 4. The molecule has 0 radical (unpaired) electrons. The Hall–Kier alpha value is -5.31. The van der Waals surface area contributed by atoms with Crippen molar-refractivity contribution >= 4 is 69.1 Å². The minimum absolute atomic E-state index is 0. The summed E-state index contributed by atoms with van der Waals surface area (Å²) in [6, 6.07) is 3.81.